The molecule has 0 aliphatic rings. The second-order valence-corrected chi connectivity index (χ2v) is 4.76. The van der Waals surface area contributed by atoms with Crippen LogP contribution in [0.1, 0.15) is 87.1 Å². The van der Waals surface area contributed by atoms with Crippen LogP contribution in [0.2, 0.25) is 0 Å². The zero-order valence-corrected chi connectivity index (χ0v) is 15.7. The van der Waals surface area contributed by atoms with Crippen LogP contribution < -0.4 is 5.32 Å². The van der Waals surface area contributed by atoms with E-state index < -0.39 is 0 Å². The predicted octanol–water partition coefficient (Wildman–Crippen LogP) is 6.85. The molecule has 1 aromatic rings. The summed E-state index contributed by atoms with van der Waals surface area (Å²) in [6, 6.07) is 8.09. The largest absolute Gasteiger partial charge is 0.326 e. The Morgan fingerprint density at radius 1 is 0.909 bits per heavy atom. The second kappa shape index (κ2) is 17.7. The summed E-state index contributed by atoms with van der Waals surface area (Å²) in [5, 5.41) is 2.95. The molecule has 0 heterocycles. The summed E-state index contributed by atoms with van der Waals surface area (Å²) in [6.45, 7) is 12.3. The van der Waals surface area contributed by atoms with Gasteiger partial charge in [0, 0.05) is 13.5 Å². The number of carbonyl (C=O) groups is 1. The van der Waals surface area contributed by atoms with Gasteiger partial charge in [0.2, 0.25) is 5.91 Å². The molecule has 1 aromatic carbocycles. The number of anilines is 1. The van der Waals surface area contributed by atoms with Gasteiger partial charge in [-0.3, -0.25) is 4.79 Å². The van der Waals surface area contributed by atoms with Crippen LogP contribution in [0.5, 0.6) is 0 Å². The molecule has 1 N–H and O–H groups in total. The van der Waals surface area contributed by atoms with Crippen molar-refractivity contribution in [3.63, 3.8) is 0 Å². The van der Waals surface area contributed by atoms with Gasteiger partial charge in [0.1, 0.15) is 0 Å². The number of aryl methyl sites for hydroxylation is 1. The maximum absolute atomic E-state index is 11.7. The van der Waals surface area contributed by atoms with Gasteiger partial charge in [-0.2, -0.15) is 0 Å². The van der Waals surface area contributed by atoms with Crippen LogP contribution in [-0.2, 0) is 11.2 Å². The summed E-state index contributed by atoms with van der Waals surface area (Å²) in [5.41, 5.74) is 2.21. The molecule has 22 heavy (non-hydrogen) atoms. The van der Waals surface area contributed by atoms with Gasteiger partial charge in [0.05, 0.1) is 0 Å². The molecule has 0 fully saturated rings. The summed E-state index contributed by atoms with van der Waals surface area (Å²) in [5.74, 6) is 0.135. The highest BCUT2D eigenvalue weighted by Crippen LogP contribution is 2.11. The van der Waals surface area contributed by atoms with Crippen LogP contribution in [-0.4, -0.2) is 5.91 Å². The lowest BCUT2D eigenvalue weighted by Crippen LogP contribution is -2.10. The van der Waals surface area contributed by atoms with Crippen LogP contribution in [0.3, 0.4) is 0 Å². The van der Waals surface area contributed by atoms with Crippen LogP contribution in [0, 0.1) is 0 Å². The SMILES string of the molecule is CC.CC.CCCCCCCC(=O)Nc1ccc(CC)cc1.[HH]. The molecule has 0 aliphatic heterocycles. The Hall–Kier alpha value is -1.31. The molecular weight excluding hydrogens is 270 g/mol. The number of amides is 1. The Kier molecular flexibility index (Phi) is 18.5. The fourth-order valence-corrected chi connectivity index (χ4v) is 1.94. The molecule has 1 rings (SSSR count). The minimum absolute atomic E-state index is 0. The summed E-state index contributed by atoms with van der Waals surface area (Å²) in [4.78, 5) is 11.7. The van der Waals surface area contributed by atoms with Crippen molar-refractivity contribution in [2.75, 3.05) is 5.32 Å². The zero-order chi connectivity index (χ0) is 17.2. The summed E-state index contributed by atoms with van der Waals surface area (Å²) in [6.07, 6.45) is 7.60. The number of unbranched alkanes of at least 4 members (excludes halogenated alkanes) is 4. The molecule has 2 heteroatoms. The first-order valence-electron chi connectivity index (χ1n) is 9.15. The molecule has 130 valence electrons. The van der Waals surface area contributed by atoms with Gasteiger partial charge in [0.15, 0.2) is 0 Å². The zero-order valence-electron chi connectivity index (χ0n) is 15.7. The van der Waals surface area contributed by atoms with Crippen molar-refractivity contribution >= 4 is 11.6 Å². The fraction of sp³-hybridized carbons (Fsp3) is 0.650. The monoisotopic (exact) mass is 309 g/mol. The molecule has 0 spiro atoms. The van der Waals surface area contributed by atoms with Crippen LogP contribution in [0.4, 0.5) is 5.69 Å². The minimum atomic E-state index is 0. The van der Waals surface area contributed by atoms with Crippen molar-refractivity contribution < 1.29 is 6.22 Å². The number of rotatable bonds is 8. The Bertz CT molecular complexity index is 349. The molecule has 0 radical (unpaired) electrons. The van der Waals surface area contributed by atoms with E-state index in [4.69, 9.17) is 0 Å². The van der Waals surface area contributed by atoms with Gasteiger partial charge in [-0.25, -0.2) is 0 Å². The lowest BCUT2D eigenvalue weighted by Gasteiger charge is -2.06. The van der Waals surface area contributed by atoms with Crippen molar-refractivity contribution in [1.82, 2.24) is 0 Å². The summed E-state index contributed by atoms with van der Waals surface area (Å²) >= 11 is 0. The van der Waals surface area contributed by atoms with E-state index in [9.17, 15) is 4.79 Å². The minimum Gasteiger partial charge on any atom is -0.326 e. The number of nitrogens with one attached hydrogen (secondary N) is 1. The first-order chi connectivity index (χ1) is 10.8. The van der Waals surface area contributed by atoms with Crippen molar-refractivity contribution in [2.45, 2.75) is 86.5 Å². The molecule has 0 saturated carbocycles. The van der Waals surface area contributed by atoms with Gasteiger partial charge in [-0.15, -0.1) is 0 Å². The second-order valence-electron chi connectivity index (χ2n) is 4.76. The third kappa shape index (κ3) is 12.4. The van der Waals surface area contributed by atoms with Gasteiger partial charge in [0.25, 0.3) is 0 Å². The third-order valence-corrected chi connectivity index (χ3v) is 3.15. The van der Waals surface area contributed by atoms with Crippen LogP contribution in [0.15, 0.2) is 24.3 Å². The Morgan fingerprint density at radius 3 is 1.95 bits per heavy atom. The van der Waals surface area contributed by atoms with Gasteiger partial charge in [-0.1, -0.05) is 79.4 Å². The van der Waals surface area contributed by atoms with Gasteiger partial charge in [-0.05, 0) is 30.5 Å². The Labute approximate surface area is 140 Å². The highest BCUT2D eigenvalue weighted by Gasteiger charge is 2.01. The van der Waals surface area contributed by atoms with E-state index in [0.717, 1.165) is 24.9 Å². The van der Waals surface area contributed by atoms with E-state index in [-0.39, 0.29) is 7.33 Å². The molecule has 0 unspecified atom stereocenters. The van der Waals surface area contributed by atoms with E-state index in [0.29, 0.717) is 6.42 Å². The van der Waals surface area contributed by atoms with E-state index in [1.807, 2.05) is 39.8 Å². The number of benzene rings is 1. The highest BCUT2D eigenvalue weighted by atomic mass is 16.1. The van der Waals surface area contributed by atoms with Crippen molar-refractivity contribution in [3.8, 4) is 0 Å². The topological polar surface area (TPSA) is 29.1 Å². The molecule has 0 atom stereocenters. The number of carbonyl (C=O) groups excluding carboxylic acids is 1. The molecular formula is C20H39NO. The van der Waals surface area contributed by atoms with Crippen LogP contribution in [0.25, 0.3) is 0 Å². The molecule has 0 saturated heterocycles. The first kappa shape index (κ1) is 23.0. The molecule has 1 amide bonds. The van der Waals surface area contributed by atoms with Crippen molar-refractivity contribution in [1.29, 1.82) is 0 Å². The Balaban J connectivity index is -0.000000739. The average molecular weight is 310 g/mol. The van der Waals surface area contributed by atoms with Crippen molar-refractivity contribution in [2.24, 2.45) is 0 Å². The fourth-order valence-electron chi connectivity index (χ4n) is 1.94. The van der Waals surface area contributed by atoms with E-state index in [1.54, 1.807) is 0 Å². The molecule has 2 nitrogen and oxygen atoms in total. The van der Waals surface area contributed by atoms with E-state index >= 15 is 0 Å². The van der Waals surface area contributed by atoms with Gasteiger partial charge >= 0.3 is 0 Å². The third-order valence-electron chi connectivity index (χ3n) is 3.15. The highest BCUT2D eigenvalue weighted by molar-refractivity contribution is 5.90. The van der Waals surface area contributed by atoms with E-state index in [1.165, 1.54) is 24.8 Å². The number of hydrogen-bond donors (Lipinski definition) is 1. The Morgan fingerprint density at radius 2 is 1.45 bits per heavy atom. The maximum atomic E-state index is 11.7. The molecule has 0 bridgehead atoms. The molecule has 0 aromatic heterocycles. The summed E-state index contributed by atoms with van der Waals surface area (Å²) in [7, 11) is 0. The quantitative estimate of drug-likeness (QED) is 0.523. The van der Waals surface area contributed by atoms with Crippen LogP contribution >= 0.6 is 0 Å². The standard InChI is InChI=1S/C16H25NO.2C2H6.H2/c1-3-5-6-7-8-9-16(18)17-15-12-10-14(4-2)11-13-15;2*1-2;/h10-13H,3-9H2,1-2H3,(H,17,18);2*1-2H3;1H. The average Bonchev–Trinajstić information content (AvgIpc) is 2.59. The molecule has 0 aliphatic carbocycles. The maximum Gasteiger partial charge on any atom is 0.224 e. The normalized spacial score (nSPS) is 9.00. The van der Waals surface area contributed by atoms with Gasteiger partial charge < -0.3 is 5.32 Å². The predicted molar refractivity (Wildman–Crippen MR) is 103 cm³/mol. The number of hydrogen-bond acceptors (Lipinski definition) is 1. The van der Waals surface area contributed by atoms with Crippen molar-refractivity contribution in [3.05, 3.63) is 29.8 Å². The first-order valence-corrected chi connectivity index (χ1v) is 9.15. The summed E-state index contributed by atoms with van der Waals surface area (Å²) < 4.78 is 0. The van der Waals surface area contributed by atoms with E-state index in [2.05, 4.69) is 31.3 Å². The lowest BCUT2D eigenvalue weighted by molar-refractivity contribution is -0.116. The smallest absolute Gasteiger partial charge is 0.224 e. The lowest BCUT2D eigenvalue weighted by atomic mass is 10.1.